The molecule has 3 aliphatic rings. The van der Waals surface area contributed by atoms with Crippen molar-refractivity contribution < 1.29 is 4.74 Å². The van der Waals surface area contributed by atoms with Gasteiger partial charge in [-0.05, 0) is 50.6 Å². The average Bonchev–Trinajstić information content (AvgIpc) is 2.83. The first-order valence-corrected chi connectivity index (χ1v) is 6.94. The van der Waals surface area contributed by atoms with Gasteiger partial charge in [-0.1, -0.05) is 0 Å². The van der Waals surface area contributed by atoms with Gasteiger partial charge in [-0.2, -0.15) is 0 Å². The predicted octanol–water partition coefficient (Wildman–Crippen LogP) is 1.10. The molecule has 2 aliphatic heterocycles. The minimum Gasteiger partial charge on any atom is -0.381 e. The second-order valence-corrected chi connectivity index (χ2v) is 5.77. The topological polar surface area (TPSA) is 24.5 Å². The molecule has 2 heterocycles. The summed E-state index contributed by atoms with van der Waals surface area (Å²) in [4.78, 5) is 2.70. The molecule has 1 N–H and O–H groups in total. The molecule has 92 valence electrons. The van der Waals surface area contributed by atoms with Crippen molar-refractivity contribution >= 4 is 0 Å². The molecule has 3 fully saturated rings. The molecule has 3 nitrogen and oxygen atoms in total. The van der Waals surface area contributed by atoms with Crippen LogP contribution in [0.15, 0.2) is 0 Å². The van der Waals surface area contributed by atoms with Crippen LogP contribution in [0.2, 0.25) is 0 Å². The van der Waals surface area contributed by atoms with E-state index in [9.17, 15) is 0 Å². The summed E-state index contributed by atoms with van der Waals surface area (Å²) in [5.41, 5.74) is 0. The number of hydrogen-bond acceptors (Lipinski definition) is 3. The quantitative estimate of drug-likeness (QED) is 0.757. The van der Waals surface area contributed by atoms with Gasteiger partial charge in [0.1, 0.15) is 0 Å². The van der Waals surface area contributed by atoms with Crippen molar-refractivity contribution in [2.75, 3.05) is 39.4 Å². The summed E-state index contributed by atoms with van der Waals surface area (Å²) in [7, 11) is 0. The van der Waals surface area contributed by atoms with Crippen LogP contribution in [0.5, 0.6) is 0 Å². The lowest BCUT2D eigenvalue weighted by Crippen LogP contribution is -2.30. The maximum Gasteiger partial charge on any atom is 0.0507 e. The van der Waals surface area contributed by atoms with Gasteiger partial charge >= 0.3 is 0 Å². The van der Waals surface area contributed by atoms with E-state index < -0.39 is 0 Å². The molecular formula is C13H24N2O. The number of ether oxygens (including phenoxy) is 1. The van der Waals surface area contributed by atoms with Crippen LogP contribution in [0, 0.1) is 11.8 Å². The number of nitrogens with one attached hydrogen (secondary N) is 1. The van der Waals surface area contributed by atoms with Gasteiger partial charge in [-0.3, -0.25) is 0 Å². The summed E-state index contributed by atoms with van der Waals surface area (Å²) >= 11 is 0. The summed E-state index contributed by atoms with van der Waals surface area (Å²) in [6.45, 7) is 7.04. The second kappa shape index (κ2) is 5.03. The molecule has 0 aromatic carbocycles. The number of hydrogen-bond donors (Lipinski definition) is 1. The van der Waals surface area contributed by atoms with E-state index in [1.807, 2.05) is 0 Å². The first-order valence-electron chi connectivity index (χ1n) is 6.94. The molecule has 1 aliphatic carbocycles. The van der Waals surface area contributed by atoms with E-state index in [2.05, 4.69) is 10.2 Å². The Balaban J connectivity index is 1.30. The zero-order valence-electron chi connectivity index (χ0n) is 10.2. The molecule has 0 radical (unpaired) electrons. The zero-order chi connectivity index (χ0) is 10.8. The highest BCUT2D eigenvalue weighted by Gasteiger charge is 2.34. The SMILES string of the molecule is C1CC(CNCC2CCN(C3CC3)C2)CO1. The van der Waals surface area contributed by atoms with Crippen molar-refractivity contribution in [3.8, 4) is 0 Å². The predicted molar refractivity (Wildman–Crippen MR) is 64.5 cm³/mol. The highest BCUT2D eigenvalue weighted by Crippen LogP contribution is 2.31. The minimum atomic E-state index is 0.779. The van der Waals surface area contributed by atoms with Crippen LogP contribution in [0.4, 0.5) is 0 Å². The lowest BCUT2D eigenvalue weighted by atomic mass is 10.1. The zero-order valence-corrected chi connectivity index (χ0v) is 10.2. The highest BCUT2D eigenvalue weighted by molar-refractivity contribution is 4.90. The molecular weight excluding hydrogens is 200 g/mol. The molecule has 16 heavy (non-hydrogen) atoms. The molecule has 0 bridgehead atoms. The molecule has 0 aromatic rings. The summed E-state index contributed by atoms with van der Waals surface area (Å²) in [5, 5.41) is 3.64. The van der Waals surface area contributed by atoms with Crippen LogP contribution >= 0.6 is 0 Å². The minimum absolute atomic E-state index is 0.779. The van der Waals surface area contributed by atoms with Crippen LogP contribution in [-0.2, 0) is 4.74 Å². The van der Waals surface area contributed by atoms with Gasteiger partial charge in [0.05, 0.1) is 6.61 Å². The van der Waals surface area contributed by atoms with Crippen molar-refractivity contribution in [2.24, 2.45) is 11.8 Å². The third kappa shape index (κ3) is 2.76. The summed E-state index contributed by atoms with van der Waals surface area (Å²) in [5.74, 6) is 1.68. The molecule has 2 saturated heterocycles. The Bertz CT molecular complexity index is 224. The van der Waals surface area contributed by atoms with E-state index in [1.54, 1.807) is 0 Å². The smallest absolute Gasteiger partial charge is 0.0507 e. The second-order valence-electron chi connectivity index (χ2n) is 5.77. The standard InChI is InChI=1S/C13H24N2O/c1-2-13(1)15-5-3-11(9-15)7-14-8-12-4-6-16-10-12/h11-14H,1-10H2. The normalized spacial score (nSPS) is 36.0. The van der Waals surface area contributed by atoms with Gasteiger partial charge in [-0.25, -0.2) is 0 Å². The van der Waals surface area contributed by atoms with E-state index in [1.165, 1.54) is 51.9 Å². The Morgan fingerprint density at radius 1 is 1.06 bits per heavy atom. The van der Waals surface area contributed by atoms with E-state index >= 15 is 0 Å². The van der Waals surface area contributed by atoms with Crippen LogP contribution < -0.4 is 5.32 Å². The Morgan fingerprint density at radius 3 is 2.69 bits per heavy atom. The van der Waals surface area contributed by atoms with Gasteiger partial charge in [-0.15, -0.1) is 0 Å². The molecule has 2 unspecified atom stereocenters. The van der Waals surface area contributed by atoms with Gasteiger partial charge < -0.3 is 15.0 Å². The van der Waals surface area contributed by atoms with Crippen molar-refractivity contribution in [2.45, 2.75) is 31.7 Å². The molecule has 1 saturated carbocycles. The van der Waals surface area contributed by atoms with Crippen LogP contribution in [0.3, 0.4) is 0 Å². The van der Waals surface area contributed by atoms with E-state index in [-0.39, 0.29) is 0 Å². The molecule has 2 atom stereocenters. The lowest BCUT2D eigenvalue weighted by molar-refractivity contribution is 0.185. The van der Waals surface area contributed by atoms with Crippen molar-refractivity contribution in [1.82, 2.24) is 10.2 Å². The van der Waals surface area contributed by atoms with Crippen LogP contribution in [0.1, 0.15) is 25.7 Å². The van der Waals surface area contributed by atoms with E-state index in [0.717, 1.165) is 31.1 Å². The Morgan fingerprint density at radius 2 is 1.94 bits per heavy atom. The van der Waals surface area contributed by atoms with Crippen LogP contribution in [0.25, 0.3) is 0 Å². The number of rotatable bonds is 5. The van der Waals surface area contributed by atoms with Gasteiger partial charge in [0.15, 0.2) is 0 Å². The number of nitrogens with zero attached hydrogens (tertiary/aromatic N) is 1. The van der Waals surface area contributed by atoms with Gasteiger partial charge in [0.25, 0.3) is 0 Å². The van der Waals surface area contributed by atoms with Gasteiger partial charge in [0.2, 0.25) is 0 Å². The Kier molecular flexibility index (Phi) is 3.46. The highest BCUT2D eigenvalue weighted by atomic mass is 16.5. The fourth-order valence-corrected chi connectivity index (χ4v) is 3.04. The first kappa shape index (κ1) is 11.0. The molecule has 0 aromatic heterocycles. The summed E-state index contributed by atoms with van der Waals surface area (Å²) < 4.78 is 5.39. The van der Waals surface area contributed by atoms with E-state index in [0.29, 0.717) is 0 Å². The first-order chi connectivity index (χ1) is 7.92. The van der Waals surface area contributed by atoms with Crippen LogP contribution in [-0.4, -0.2) is 50.3 Å². The molecule has 3 rings (SSSR count). The lowest BCUT2D eigenvalue weighted by Gasteiger charge is -2.16. The maximum atomic E-state index is 5.39. The van der Waals surface area contributed by atoms with Crippen molar-refractivity contribution in [3.05, 3.63) is 0 Å². The Labute approximate surface area is 98.5 Å². The average molecular weight is 224 g/mol. The van der Waals surface area contributed by atoms with E-state index in [4.69, 9.17) is 4.74 Å². The largest absolute Gasteiger partial charge is 0.381 e. The molecule has 0 amide bonds. The van der Waals surface area contributed by atoms with Crippen molar-refractivity contribution in [1.29, 1.82) is 0 Å². The third-order valence-electron chi connectivity index (χ3n) is 4.27. The molecule has 0 spiro atoms. The molecule has 3 heteroatoms. The number of likely N-dealkylation sites (tertiary alicyclic amines) is 1. The van der Waals surface area contributed by atoms with Crippen molar-refractivity contribution in [3.63, 3.8) is 0 Å². The fraction of sp³-hybridized carbons (Fsp3) is 1.00. The summed E-state index contributed by atoms with van der Waals surface area (Å²) in [6.07, 6.45) is 5.58. The maximum absolute atomic E-state index is 5.39. The summed E-state index contributed by atoms with van der Waals surface area (Å²) in [6, 6.07) is 0.966. The Hall–Kier alpha value is -0.120. The van der Waals surface area contributed by atoms with Gasteiger partial charge in [0, 0.05) is 25.7 Å². The monoisotopic (exact) mass is 224 g/mol. The third-order valence-corrected chi connectivity index (χ3v) is 4.27. The fourth-order valence-electron chi connectivity index (χ4n) is 3.04.